The molecule has 1 aliphatic carbocycles. The number of rotatable bonds is 7. The highest BCUT2D eigenvalue weighted by atomic mass is 32.2. The molecule has 3 heterocycles. The van der Waals surface area contributed by atoms with Gasteiger partial charge in [-0.05, 0) is 32.0 Å². The van der Waals surface area contributed by atoms with Gasteiger partial charge in [-0.2, -0.15) is 8.42 Å². The Morgan fingerprint density at radius 3 is 2.20 bits per heavy atom. The number of carboxylic acids is 1. The predicted molar refractivity (Wildman–Crippen MR) is 154 cm³/mol. The molecule has 18 heteroatoms. The molecule has 1 saturated carbocycles. The van der Waals surface area contributed by atoms with Crippen LogP contribution in [0.3, 0.4) is 0 Å². The topological polar surface area (TPSA) is 214 Å². The summed E-state index contributed by atoms with van der Waals surface area (Å²) in [5.74, 6) is -5.42. The van der Waals surface area contributed by atoms with Crippen LogP contribution in [-0.2, 0) is 19.7 Å². The Morgan fingerprint density at radius 1 is 1.07 bits per heavy atom. The molecule has 0 spiro atoms. The number of amides is 2. The van der Waals surface area contributed by atoms with Gasteiger partial charge < -0.3 is 26.4 Å². The SMILES string of the molecule is CS(=O)(=O)O.C[C@H](N)C(=O)N[C@H](C)C(=O)NC1[C@H]2CN(c3nc4c(cc3F)c(=O)c(C(=O)O)cn4-c3ccc(F)cc3F)C[C@@H]12. The molecule has 1 aromatic carbocycles. The maximum absolute atomic E-state index is 15.2. The van der Waals surface area contributed by atoms with Gasteiger partial charge in [-0.1, -0.05) is 0 Å². The monoisotopic (exact) mass is 654 g/mol. The number of carbonyl (C=O) groups excluding carboxylic acids is 2. The summed E-state index contributed by atoms with van der Waals surface area (Å²) in [6.07, 6.45) is 1.59. The average Bonchev–Trinajstić information content (AvgIpc) is 3.34. The summed E-state index contributed by atoms with van der Waals surface area (Å²) in [7, 11) is -3.67. The number of carboxylic acid groups (broad SMARTS) is 1. The normalized spacial score (nSPS) is 20.0. The number of hydrogen-bond acceptors (Lipinski definition) is 9. The van der Waals surface area contributed by atoms with E-state index in [9.17, 15) is 41.5 Å². The van der Waals surface area contributed by atoms with Gasteiger partial charge in [0.2, 0.25) is 17.2 Å². The van der Waals surface area contributed by atoms with Gasteiger partial charge in [0.05, 0.1) is 23.4 Å². The van der Waals surface area contributed by atoms with Crippen LogP contribution in [0.5, 0.6) is 0 Å². The first-order chi connectivity index (χ1) is 20.9. The Balaban J connectivity index is 0.000000854. The summed E-state index contributed by atoms with van der Waals surface area (Å²) in [5.41, 5.74) is 3.28. The van der Waals surface area contributed by atoms with E-state index in [1.807, 2.05) is 0 Å². The Kier molecular flexibility index (Phi) is 9.22. The molecule has 1 unspecified atom stereocenters. The molecule has 3 aromatic rings. The van der Waals surface area contributed by atoms with Crippen molar-refractivity contribution in [3.63, 3.8) is 0 Å². The summed E-state index contributed by atoms with van der Waals surface area (Å²) in [5, 5.41) is 14.5. The van der Waals surface area contributed by atoms with Gasteiger partial charge in [0, 0.05) is 43.2 Å². The molecule has 2 fully saturated rings. The Bertz CT molecular complexity index is 1850. The van der Waals surface area contributed by atoms with Gasteiger partial charge >= 0.3 is 5.97 Å². The lowest BCUT2D eigenvalue weighted by Crippen LogP contribution is -2.50. The summed E-state index contributed by atoms with van der Waals surface area (Å²) in [6, 6.07) is 1.71. The third-order valence-corrected chi connectivity index (χ3v) is 7.28. The number of benzene rings is 1. The molecule has 6 N–H and O–H groups in total. The molecule has 2 aromatic heterocycles. The molecule has 1 aliphatic heterocycles. The number of pyridine rings is 2. The van der Waals surface area contributed by atoms with E-state index in [2.05, 4.69) is 15.6 Å². The molecule has 14 nitrogen and oxygen atoms in total. The highest BCUT2D eigenvalue weighted by Gasteiger charge is 2.57. The number of aromatic carboxylic acids is 1. The van der Waals surface area contributed by atoms with Crippen LogP contribution >= 0.6 is 0 Å². The fraction of sp³-hybridized carbons (Fsp3) is 0.370. The van der Waals surface area contributed by atoms with Gasteiger partial charge in [0.25, 0.3) is 10.1 Å². The fourth-order valence-corrected chi connectivity index (χ4v) is 5.06. The van der Waals surface area contributed by atoms with Crippen molar-refractivity contribution in [3.05, 3.63) is 63.7 Å². The zero-order valence-electron chi connectivity index (χ0n) is 24.0. The highest BCUT2D eigenvalue weighted by Crippen LogP contribution is 2.47. The largest absolute Gasteiger partial charge is 0.477 e. The zero-order chi connectivity index (χ0) is 33.5. The number of nitrogens with two attached hydrogens (primary N) is 1. The minimum absolute atomic E-state index is 0.0247. The second kappa shape index (κ2) is 12.4. The molecule has 1 saturated heterocycles. The van der Waals surface area contributed by atoms with Crippen LogP contribution in [0.4, 0.5) is 19.0 Å². The molecule has 5 rings (SSSR count). The Hall–Kier alpha value is -4.55. The van der Waals surface area contributed by atoms with Crippen LogP contribution < -0.4 is 26.7 Å². The van der Waals surface area contributed by atoms with E-state index in [1.54, 1.807) is 4.90 Å². The Morgan fingerprint density at radius 2 is 1.67 bits per heavy atom. The lowest BCUT2D eigenvalue weighted by molar-refractivity contribution is -0.129. The number of anilines is 1. The van der Waals surface area contributed by atoms with E-state index in [-0.39, 0.29) is 46.3 Å². The minimum atomic E-state index is -3.67. The molecule has 242 valence electrons. The minimum Gasteiger partial charge on any atom is -0.477 e. The molecular formula is C27H29F3N6O8S. The summed E-state index contributed by atoms with van der Waals surface area (Å²) >= 11 is 0. The first kappa shape index (κ1) is 33.3. The van der Waals surface area contributed by atoms with Crippen LogP contribution in [0.1, 0.15) is 24.2 Å². The number of hydrogen-bond donors (Lipinski definition) is 5. The summed E-state index contributed by atoms with van der Waals surface area (Å²) in [4.78, 5) is 54.6. The summed E-state index contributed by atoms with van der Waals surface area (Å²) < 4.78 is 70.3. The van der Waals surface area contributed by atoms with Crippen molar-refractivity contribution >= 4 is 44.8 Å². The van der Waals surface area contributed by atoms with Gasteiger partial charge in [-0.15, -0.1) is 0 Å². The second-order valence-corrected chi connectivity index (χ2v) is 12.3. The van der Waals surface area contributed by atoms with Crippen molar-refractivity contribution in [2.24, 2.45) is 17.6 Å². The van der Waals surface area contributed by atoms with Crippen LogP contribution in [0.15, 0.2) is 35.3 Å². The molecule has 5 atom stereocenters. The van der Waals surface area contributed by atoms with Crippen molar-refractivity contribution in [1.82, 2.24) is 20.2 Å². The van der Waals surface area contributed by atoms with Gasteiger partial charge in [0.15, 0.2) is 17.3 Å². The smallest absolute Gasteiger partial charge is 0.341 e. The Labute approximate surface area is 253 Å². The van der Waals surface area contributed by atoms with Crippen molar-refractivity contribution in [2.45, 2.75) is 32.0 Å². The molecule has 2 amide bonds. The van der Waals surface area contributed by atoms with E-state index in [4.69, 9.17) is 10.3 Å². The van der Waals surface area contributed by atoms with Crippen LogP contribution in [0.2, 0.25) is 0 Å². The molecule has 0 bridgehead atoms. The highest BCUT2D eigenvalue weighted by molar-refractivity contribution is 7.85. The van der Waals surface area contributed by atoms with E-state index in [0.29, 0.717) is 25.4 Å². The lowest BCUT2D eigenvalue weighted by atomic mass is 10.1. The van der Waals surface area contributed by atoms with Crippen LogP contribution in [0, 0.1) is 29.3 Å². The number of fused-ring (bicyclic) bond motifs is 2. The van der Waals surface area contributed by atoms with Crippen LogP contribution in [-0.4, -0.2) is 82.9 Å². The van der Waals surface area contributed by atoms with Gasteiger partial charge in [-0.3, -0.25) is 23.5 Å². The third-order valence-electron chi connectivity index (χ3n) is 7.28. The van der Waals surface area contributed by atoms with Gasteiger partial charge in [-0.25, -0.2) is 22.9 Å². The molecular weight excluding hydrogens is 625 g/mol. The van der Waals surface area contributed by atoms with Crippen LogP contribution in [0.25, 0.3) is 16.7 Å². The maximum atomic E-state index is 15.2. The number of piperidine rings is 1. The lowest BCUT2D eigenvalue weighted by Gasteiger charge is -2.23. The number of aromatic nitrogens is 2. The molecule has 2 aliphatic rings. The number of nitrogens with one attached hydrogen (secondary N) is 2. The standard InChI is InChI=1S/C26H25F3N6O5.CH4O3S/c1-10(30)24(37)31-11(2)25(38)32-20-14-7-34(8-15(14)20)23-18(29)6-13-21(36)16(26(39)40)9-35(22(13)33-23)19-4-3-12(27)5-17(19)28;1-5(2,3)4/h3-6,9-11,14-15,20H,7-8,30H2,1-2H3,(H,31,37)(H,32,38)(H,39,40);1H3,(H,2,3,4)/t10-,11+,14-,15+,20?;/m0./s1. The number of nitrogens with zero attached hydrogens (tertiary/aromatic N) is 3. The second-order valence-electron chi connectivity index (χ2n) is 10.8. The maximum Gasteiger partial charge on any atom is 0.341 e. The van der Waals surface area contributed by atoms with Crippen molar-refractivity contribution in [3.8, 4) is 5.69 Å². The molecule has 0 radical (unpaired) electrons. The first-order valence-electron chi connectivity index (χ1n) is 13.4. The number of halogens is 3. The van der Waals surface area contributed by atoms with E-state index < -0.39 is 62.5 Å². The predicted octanol–water partition coefficient (Wildman–Crippen LogP) is 0.408. The zero-order valence-corrected chi connectivity index (χ0v) is 24.8. The molecule has 45 heavy (non-hydrogen) atoms. The fourth-order valence-electron chi connectivity index (χ4n) is 5.06. The number of carbonyl (C=O) groups is 3. The van der Waals surface area contributed by atoms with Crippen molar-refractivity contribution in [2.75, 3.05) is 24.2 Å². The quantitative estimate of drug-likeness (QED) is 0.220. The third kappa shape index (κ3) is 7.40. The van der Waals surface area contributed by atoms with Gasteiger partial charge in [0.1, 0.15) is 23.2 Å². The van der Waals surface area contributed by atoms with E-state index in [1.165, 1.54) is 13.8 Å². The summed E-state index contributed by atoms with van der Waals surface area (Å²) in [6.45, 7) is 3.66. The van der Waals surface area contributed by atoms with Crippen molar-refractivity contribution in [1.29, 1.82) is 0 Å². The van der Waals surface area contributed by atoms with E-state index >= 15 is 4.39 Å². The average molecular weight is 655 g/mol. The first-order valence-corrected chi connectivity index (χ1v) is 15.2. The van der Waals surface area contributed by atoms with Crippen molar-refractivity contribution < 1.29 is 45.6 Å². The van der Waals surface area contributed by atoms with E-state index in [0.717, 1.165) is 29.0 Å².